The van der Waals surface area contributed by atoms with Crippen molar-refractivity contribution >= 4 is 35.1 Å². The van der Waals surface area contributed by atoms with E-state index in [1.54, 1.807) is 0 Å². The molecule has 4 aromatic rings. The zero-order valence-electron chi connectivity index (χ0n) is 35.3. The topological polar surface area (TPSA) is 0 Å². The van der Waals surface area contributed by atoms with E-state index in [0.717, 1.165) is 38.5 Å². The molecule has 0 aromatic heterocycles. The van der Waals surface area contributed by atoms with E-state index < -0.39 is 21.5 Å². The van der Waals surface area contributed by atoms with Crippen LogP contribution in [0, 0.1) is 39.5 Å². The fourth-order valence-electron chi connectivity index (χ4n) is 10.3. The number of hydrogen-bond acceptors (Lipinski definition) is 0. The molecule has 0 heterocycles. The van der Waals surface area contributed by atoms with Gasteiger partial charge in [0.05, 0.1) is 0 Å². The van der Waals surface area contributed by atoms with Crippen molar-refractivity contribution in [3.63, 3.8) is 0 Å². The van der Waals surface area contributed by atoms with Gasteiger partial charge in [0.1, 0.15) is 0 Å². The van der Waals surface area contributed by atoms with Gasteiger partial charge in [-0.25, -0.2) is 0 Å². The Kier molecular flexibility index (Phi) is 12.4. The third-order valence-corrected chi connectivity index (χ3v) is 64.9. The first-order valence-corrected chi connectivity index (χ1v) is 37.4. The first kappa shape index (κ1) is 41.7. The molecule has 0 spiro atoms. The van der Waals surface area contributed by atoms with Gasteiger partial charge in [0.25, 0.3) is 0 Å². The van der Waals surface area contributed by atoms with Crippen LogP contribution in [0.25, 0.3) is 34.4 Å². The molecular formula is C50H65Cl2SiZr. The van der Waals surface area contributed by atoms with Crippen LogP contribution >= 0.6 is 17.0 Å². The van der Waals surface area contributed by atoms with Gasteiger partial charge >= 0.3 is 340 Å². The summed E-state index contributed by atoms with van der Waals surface area (Å²) in [6, 6.07) is 24.0. The molecule has 2 aliphatic carbocycles. The maximum absolute atomic E-state index is 9.04. The first-order chi connectivity index (χ1) is 25.6. The van der Waals surface area contributed by atoms with Crippen LogP contribution < -0.4 is 0 Å². The number of halogens is 2. The van der Waals surface area contributed by atoms with Crippen molar-refractivity contribution in [2.75, 3.05) is 0 Å². The fraction of sp³-hybridized carbons (Fsp3) is 0.440. The molecule has 287 valence electrons. The molecule has 54 heavy (non-hydrogen) atoms. The van der Waals surface area contributed by atoms with Crippen molar-refractivity contribution in [2.45, 2.75) is 128 Å². The van der Waals surface area contributed by atoms with E-state index >= 15 is 0 Å². The SMILES string of the molecule is CCCc1ccc2c(c1-c1cc(C)cc(C)c1)C=C(C(C)CC)[CH]2[Zr]([Cl])([Cl])([CH]1C(C(C)CC)=Cc2c1ccc(CCC)c2-c1cc(C)cc(C)c1)[SiH](C)C. The summed E-state index contributed by atoms with van der Waals surface area (Å²) >= 11 is -5.04. The normalized spacial score (nSPS) is 18.5. The Bertz CT molecular complexity index is 1950. The second-order valence-electron chi connectivity index (χ2n) is 17.6. The van der Waals surface area contributed by atoms with Gasteiger partial charge in [-0.2, -0.15) is 0 Å². The van der Waals surface area contributed by atoms with Crippen LogP contribution in [0.3, 0.4) is 0 Å². The molecule has 4 unspecified atom stereocenters. The van der Waals surface area contributed by atoms with Crippen LogP contribution in [0.15, 0.2) is 71.8 Å². The fourth-order valence-corrected chi connectivity index (χ4v) is 41.5. The number of fused-ring (bicyclic) bond motifs is 2. The number of hydrogen-bond donors (Lipinski definition) is 0. The number of aryl methyl sites for hydroxylation is 6. The van der Waals surface area contributed by atoms with Crippen LogP contribution in [-0.2, 0) is 28.4 Å². The molecule has 0 nitrogen and oxygen atoms in total. The van der Waals surface area contributed by atoms with Gasteiger partial charge < -0.3 is 0 Å². The summed E-state index contributed by atoms with van der Waals surface area (Å²) in [7, 11) is 18.1. The first-order valence-electron chi connectivity index (χ1n) is 21.1. The molecule has 4 aromatic carbocycles. The Morgan fingerprint density at radius 2 is 0.926 bits per heavy atom. The Hall–Kier alpha value is -1.96. The summed E-state index contributed by atoms with van der Waals surface area (Å²) in [5.74, 6) is -0.953. The Labute approximate surface area is 337 Å². The molecule has 0 bridgehead atoms. The molecule has 0 saturated carbocycles. The second kappa shape index (κ2) is 16.1. The molecule has 0 saturated heterocycles. The quantitative estimate of drug-likeness (QED) is 0.118. The summed E-state index contributed by atoms with van der Waals surface area (Å²) in [6.45, 7) is 28.1. The zero-order chi connectivity index (χ0) is 39.3. The third kappa shape index (κ3) is 7.12. The second-order valence-corrected chi connectivity index (χ2v) is 60.1. The van der Waals surface area contributed by atoms with Crippen molar-refractivity contribution in [2.24, 2.45) is 11.8 Å². The predicted octanol–water partition coefficient (Wildman–Crippen LogP) is 15.8. The van der Waals surface area contributed by atoms with Gasteiger partial charge in [0.15, 0.2) is 0 Å². The minimum atomic E-state index is -5.04. The summed E-state index contributed by atoms with van der Waals surface area (Å²) in [4.78, 5) is 0. The monoisotopic (exact) mass is 853 g/mol. The summed E-state index contributed by atoms with van der Waals surface area (Å²) in [5.41, 5.74) is 22.2. The van der Waals surface area contributed by atoms with E-state index in [9.17, 15) is 0 Å². The maximum atomic E-state index is 9.04. The van der Waals surface area contributed by atoms with Crippen LogP contribution in [0.5, 0.6) is 0 Å². The Balaban J connectivity index is 1.70. The molecule has 0 N–H and O–H groups in total. The van der Waals surface area contributed by atoms with Crippen LogP contribution in [0.2, 0.25) is 13.1 Å². The summed E-state index contributed by atoms with van der Waals surface area (Å²) < 4.78 is 0.158. The van der Waals surface area contributed by atoms with E-state index in [-0.39, 0.29) is 7.25 Å². The van der Waals surface area contributed by atoms with Crippen LogP contribution in [-0.4, -0.2) is 5.92 Å². The molecular weight excluding hydrogens is 791 g/mol. The zero-order valence-corrected chi connectivity index (χ0v) is 40.4. The van der Waals surface area contributed by atoms with Crippen LogP contribution in [0.1, 0.15) is 130 Å². The van der Waals surface area contributed by atoms with Gasteiger partial charge in [-0.1, -0.05) is 0 Å². The molecule has 0 fully saturated rings. The van der Waals surface area contributed by atoms with E-state index in [1.807, 2.05) is 0 Å². The summed E-state index contributed by atoms with van der Waals surface area (Å²) in [6.07, 6.45) is 11.7. The molecule has 4 heteroatoms. The molecule has 4 atom stereocenters. The van der Waals surface area contributed by atoms with Crippen molar-refractivity contribution in [1.82, 2.24) is 0 Å². The Morgan fingerprint density at radius 1 is 0.574 bits per heavy atom. The van der Waals surface area contributed by atoms with E-state index in [1.165, 1.54) is 89.0 Å². The van der Waals surface area contributed by atoms with E-state index in [0.29, 0.717) is 11.8 Å². The van der Waals surface area contributed by atoms with Gasteiger partial charge in [0, 0.05) is 0 Å². The van der Waals surface area contributed by atoms with Gasteiger partial charge in [0.2, 0.25) is 0 Å². The number of rotatable bonds is 13. The molecule has 0 radical (unpaired) electrons. The third-order valence-electron chi connectivity index (χ3n) is 13.3. The van der Waals surface area contributed by atoms with E-state index in [2.05, 4.69) is 155 Å². The van der Waals surface area contributed by atoms with Gasteiger partial charge in [-0.05, 0) is 0 Å². The molecule has 6 rings (SSSR count). The Morgan fingerprint density at radius 3 is 1.22 bits per heavy atom. The summed E-state index contributed by atoms with van der Waals surface area (Å²) in [5, 5.41) is 0. The minimum absolute atomic E-state index is 0.0788. The van der Waals surface area contributed by atoms with Crippen molar-refractivity contribution in [3.8, 4) is 22.3 Å². The number of allylic oxidation sites excluding steroid dienone is 2. The average molecular weight is 856 g/mol. The van der Waals surface area contributed by atoms with Crippen molar-refractivity contribution in [3.05, 3.63) is 127 Å². The van der Waals surface area contributed by atoms with Crippen LogP contribution in [0.4, 0.5) is 0 Å². The molecule has 0 amide bonds. The van der Waals surface area contributed by atoms with Crippen molar-refractivity contribution in [1.29, 1.82) is 0 Å². The number of benzene rings is 4. The average Bonchev–Trinajstić information content (AvgIpc) is 3.71. The predicted molar refractivity (Wildman–Crippen MR) is 242 cm³/mol. The standard InChI is InChI=1S/2C24H29.C2H7Si.2ClH.Zr/c2*1-6-8-19-9-10-20-14-21(18(5)7-2)15-23(20)24(19)22-12-16(3)11-17(4)13-22;1-3-2;;;/h2*9-15,18H,6-8H2,1-5H3;3H,1-2H3;2*1H;/q;;;;;+2/p-2. The van der Waals surface area contributed by atoms with Gasteiger partial charge in [-0.15, -0.1) is 0 Å². The van der Waals surface area contributed by atoms with Gasteiger partial charge in [-0.3, -0.25) is 0 Å². The van der Waals surface area contributed by atoms with Crippen molar-refractivity contribution < 1.29 is 15.6 Å². The molecule has 0 aliphatic heterocycles. The molecule has 2 aliphatic rings. The van der Waals surface area contributed by atoms with E-state index in [4.69, 9.17) is 17.0 Å².